The largest absolute Gasteiger partial charge is 0.318 e. The molecule has 1 amide bonds. The lowest BCUT2D eigenvalue weighted by Crippen LogP contribution is -2.22. The number of carbonyl (C=O) groups is 1. The number of aromatic nitrogens is 2. The first kappa shape index (κ1) is 8.12. The minimum absolute atomic E-state index is 0.392. The Hall–Kier alpha value is -1.98. The van der Waals surface area contributed by atoms with E-state index in [-0.39, 0.29) is 0 Å². The fraction of sp³-hybridized carbons (Fsp3) is 0. The van der Waals surface area contributed by atoms with Crippen molar-refractivity contribution in [2.45, 2.75) is 0 Å². The van der Waals surface area contributed by atoms with Crippen LogP contribution in [0.2, 0.25) is 0 Å². The van der Waals surface area contributed by atoms with Crippen molar-refractivity contribution in [1.82, 2.24) is 10.2 Å². The summed E-state index contributed by atoms with van der Waals surface area (Å²) in [4.78, 5) is 10.9. The third-order valence-corrected chi connectivity index (χ3v) is 1.15. The summed E-state index contributed by atoms with van der Waals surface area (Å²) in [5.74, 6) is -0.619. The molecule has 0 aliphatic heterocycles. The molecule has 0 radical (unpaired) electrons. The van der Waals surface area contributed by atoms with E-state index in [9.17, 15) is 4.79 Å². The predicted octanol–water partition coefficient (Wildman–Crippen LogP) is 0.0175. The van der Waals surface area contributed by atoms with E-state index < -0.39 is 11.6 Å². The molecule has 0 saturated heterocycles. The lowest BCUT2D eigenvalue weighted by atomic mass is 10.4. The smallest absolute Gasteiger partial charge is 0.275 e. The van der Waals surface area contributed by atoms with E-state index in [0.29, 0.717) is 11.9 Å². The van der Waals surface area contributed by atoms with Crippen molar-refractivity contribution in [3.05, 3.63) is 12.4 Å². The second kappa shape index (κ2) is 3.42. The van der Waals surface area contributed by atoms with Gasteiger partial charge in [-0.15, -0.1) is 0 Å². The van der Waals surface area contributed by atoms with Gasteiger partial charge in [-0.2, -0.15) is 5.10 Å². The van der Waals surface area contributed by atoms with Crippen LogP contribution in [0.5, 0.6) is 0 Å². The average Bonchev–Trinajstić information content (AvgIpc) is 2.55. The van der Waals surface area contributed by atoms with E-state index in [0.717, 1.165) is 0 Å². The normalized spacial score (nSPS) is 9.00. The highest BCUT2D eigenvalue weighted by Crippen LogP contribution is 1.99. The molecule has 0 atom stereocenters. The number of carbonyl (C=O) groups excluding carboxylic acids is 1. The number of nitrogens with one attached hydrogen (secondary N) is 4. The van der Waals surface area contributed by atoms with Crippen molar-refractivity contribution in [2.75, 3.05) is 5.32 Å². The molecule has 0 spiro atoms. The third-order valence-electron chi connectivity index (χ3n) is 1.15. The number of nitrogens with zero attached hydrogens (tertiary/aromatic N) is 1. The predicted molar refractivity (Wildman–Crippen MR) is 43.7 cm³/mol. The Kier molecular flexibility index (Phi) is 2.32. The first-order chi connectivity index (χ1) is 5.74. The number of anilines is 1. The van der Waals surface area contributed by atoms with E-state index in [2.05, 4.69) is 15.5 Å². The fourth-order valence-electron chi connectivity index (χ4n) is 0.583. The van der Waals surface area contributed by atoms with Gasteiger partial charge in [0.2, 0.25) is 0 Å². The van der Waals surface area contributed by atoms with Crippen LogP contribution in [0.25, 0.3) is 0 Å². The highest BCUT2D eigenvalue weighted by molar-refractivity contribution is 6.61. The van der Waals surface area contributed by atoms with Gasteiger partial charge in [-0.25, -0.2) is 0 Å². The summed E-state index contributed by atoms with van der Waals surface area (Å²) in [6.45, 7) is 0. The molecule has 1 aromatic rings. The molecule has 12 heavy (non-hydrogen) atoms. The van der Waals surface area contributed by atoms with Gasteiger partial charge in [0.15, 0.2) is 0 Å². The maximum Gasteiger partial charge on any atom is 0.275 e. The van der Waals surface area contributed by atoms with Gasteiger partial charge >= 0.3 is 0 Å². The molecular formula is C6H7N5O. The molecule has 0 saturated carbocycles. The lowest BCUT2D eigenvalue weighted by molar-refractivity contribution is -0.110. The van der Waals surface area contributed by atoms with E-state index in [1.54, 1.807) is 0 Å². The van der Waals surface area contributed by atoms with Gasteiger partial charge in [0.1, 0.15) is 5.71 Å². The van der Waals surface area contributed by atoms with Crippen molar-refractivity contribution in [1.29, 1.82) is 10.8 Å². The second-order valence-electron chi connectivity index (χ2n) is 2.00. The van der Waals surface area contributed by atoms with Gasteiger partial charge in [-0.05, 0) is 0 Å². The van der Waals surface area contributed by atoms with Crippen LogP contribution in [0.3, 0.4) is 0 Å². The molecule has 6 nitrogen and oxygen atoms in total. The van der Waals surface area contributed by atoms with Gasteiger partial charge in [0.25, 0.3) is 5.91 Å². The minimum Gasteiger partial charge on any atom is -0.318 e. The summed E-state index contributed by atoms with van der Waals surface area (Å²) < 4.78 is 0. The van der Waals surface area contributed by atoms with Gasteiger partial charge in [-0.3, -0.25) is 15.3 Å². The molecule has 0 aromatic carbocycles. The summed E-state index contributed by atoms with van der Waals surface area (Å²) >= 11 is 0. The number of rotatable bonds is 3. The number of aromatic amines is 1. The molecular weight excluding hydrogens is 158 g/mol. The fourth-order valence-corrected chi connectivity index (χ4v) is 0.583. The van der Waals surface area contributed by atoms with E-state index in [4.69, 9.17) is 10.8 Å². The zero-order chi connectivity index (χ0) is 8.97. The molecule has 1 rings (SSSR count). The van der Waals surface area contributed by atoms with Crippen LogP contribution in [0, 0.1) is 10.8 Å². The van der Waals surface area contributed by atoms with Crippen molar-refractivity contribution in [3.63, 3.8) is 0 Å². The summed E-state index contributed by atoms with van der Waals surface area (Å²) in [6.07, 6.45) is 3.57. The third kappa shape index (κ3) is 1.75. The zero-order valence-corrected chi connectivity index (χ0v) is 6.09. The Morgan fingerprint density at radius 2 is 2.50 bits per heavy atom. The maximum atomic E-state index is 10.9. The highest BCUT2D eigenvalue weighted by Gasteiger charge is 2.06. The number of hydrogen-bond acceptors (Lipinski definition) is 4. The molecule has 62 valence electrons. The van der Waals surface area contributed by atoms with Crippen LogP contribution < -0.4 is 5.32 Å². The van der Waals surface area contributed by atoms with E-state index in [1.807, 2.05) is 0 Å². The highest BCUT2D eigenvalue weighted by atomic mass is 16.1. The Morgan fingerprint density at radius 1 is 1.75 bits per heavy atom. The standard InChI is InChI=1S/C6H7N5O/c7-1-5(8)6(12)11-4-2-9-10-3-4/h1-3,7-8H,(H,9,10)(H,11,12). The van der Waals surface area contributed by atoms with Gasteiger partial charge in [0.05, 0.1) is 11.9 Å². The molecule has 0 unspecified atom stereocenters. The first-order valence-corrected chi connectivity index (χ1v) is 3.13. The minimum atomic E-state index is -0.619. The maximum absolute atomic E-state index is 10.9. The molecule has 4 N–H and O–H groups in total. The summed E-state index contributed by atoms with van der Waals surface area (Å²) in [5, 5.41) is 22.1. The molecule has 0 bridgehead atoms. The molecule has 0 aliphatic carbocycles. The summed E-state index contributed by atoms with van der Waals surface area (Å²) in [7, 11) is 0. The van der Waals surface area contributed by atoms with Crippen LogP contribution in [-0.2, 0) is 4.79 Å². The summed E-state index contributed by atoms with van der Waals surface area (Å²) in [6, 6.07) is 0. The van der Waals surface area contributed by atoms with Crippen molar-refractivity contribution < 1.29 is 4.79 Å². The van der Waals surface area contributed by atoms with Gasteiger partial charge in [-0.1, -0.05) is 0 Å². The van der Waals surface area contributed by atoms with Crippen molar-refractivity contribution >= 4 is 23.5 Å². The van der Waals surface area contributed by atoms with E-state index in [1.165, 1.54) is 12.4 Å². The van der Waals surface area contributed by atoms with E-state index >= 15 is 0 Å². The van der Waals surface area contributed by atoms with Crippen molar-refractivity contribution in [3.8, 4) is 0 Å². The molecule has 1 aromatic heterocycles. The molecule has 1 heterocycles. The van der Waals surface area contributed by atoms with Crippen LogP contribution in [-0.4, -0.2) is 28.0 Å². The Bertz CT molecular complexity index is 302. The molecule has 0 aliphatic rings. The monoisotopic (exact) mass is 165 g/mol. The SMILES string of the molecule is N=CC(=N)C(=O)Nc1cn[nH]c1. The van der Waals surface area contributed by atoms with Crippen LogP contribution >= 0.6 is 0 Å². The number of hydrogen-bond donors (Lipinski definition) is 4. The van der Waals surface area contributed by atoms with Crippen LogP contribution in [0.4, 0.5) is 5.69 Å². The van der Waals surface area contributed by atoms with Gasteiger partial charge in [0, 0.05) is 12.4 Å². The topological polar surface area (TPSA) is 105 Å². The van der Waals surface area contributed by atoms with Gasteiger partial charge < -0.3 is 10.7 Å². The van der Waals surface area contributed by atoms with Crippen LogP contribution in [0.15, 0.2) is 12.4 Å². The molecule has 0 fully saturated rings. The Morgan fingerprint density at radius 3 is 3.00 bits per heavy atom. The Balaban J connectivity index is 2.59. The Labute approximate surface area is 68.0 Å². The number of amides is 1. The first-order valence-electron chi connectivity index (χ1n) is 3.13. The van der Waals surface area contributed by atoms with Crippen molar-refractivity contribution in [2.24, 2.45) is 0 Å². The lowest BCUT2D eigenvalue weighted by Gasteiger charge is -1.97. The second-order valence-corrected chi connectivity index (χ2v) is 2.00. The summed E-state index contributed by atoms with van der Waals surface area (Å²) in [5.41, 5.74) is 0.0859. The quantitative estimate of drug-likeness (QED) is 0.474. The zero-order valence-electron chi connectivity index (χ0n) is 6.09. The molecule has 6 heteroatoms. The average molecular weight is 165 g/mol. The number of H-pyrrole nitrogens is 1. The van der Waals surface area contributed by atoms with Crippen LogP contribution in [0.1, 0.15) is 0 Å².